The third-order valence-electron chi connectivity index (χ3n) is 7.93. The van der Waals surface area contributed by atoms with Crippen LogP contribution < -0.4 is 26.5 Å². The number of nitrogen functional groups attached to an aromatic ring is 1. The Morgan fingerprint density at radius 3 is 2.73 bits per heavy atom. The van der Waals surface area contributed by atoms with Crippen molar-refractivity contribution in [3.8, 4) is 17.2 Å². The summed E-state index contributed by atoms with van der Waals surface area (Å²) in [6.07, 6.45) is 3.68. The second kappa shape index (κ2) is 10.1. The van der Waals surface area contributed by atoms with Gasteiger partial charge < -0.3 is 35.7 Å². The van der Waals surface area contributed by atoms with Crippen LogP contribution in [0.3, 0.4) is 0 Å². The molecule has 1 fully saturated rings. The number of nitrogens with one attached hydrogen (secondary N) is 2. The first-order valence-corrected chi connectivity index (χ1v) is 13.6. The number of aliphatic hydroxyl groups excluding tert-OH is 1. The summed E-state index contributed by atoms with van der Waals surface area (Å²) >= 11 is 0. The SMILES string of the molecule is C[C@@H](O)CNc1c(F)c(N)c2c(=O)c(C(=O)NCCC3CCCN3C)cn3c2c1Oc1cc2ccccc2cc1-3. The maximum absolute atomic E-state index is 15.7. The van der Waals surface area contributed by atoms with Crippen LogP contribution in [0.5, 0.6) is 11.5 Å². The van der Waals surface area contributed by atoms with Crippen molar-refractivity contribution in [1.29, 1.82) is 0 Å². The molecule has 0 spiro atoms. The monoisotopic (exact) mass is 545 g/mol. The summed E-state index contributed by atoms with van der Waals surface area (Å²) in [7, 11) is 2.07. The van der Waals surface area contributed by atoms with Crippen LogP contribution in [-0.4, -0.2) is 59.3 Å². The number of benzene rings is 3. The molecule has 3 aromatic carbocycles. The second-order valence-electron chi connectivity index (χ2n) is 10.7. The van der Waals surface area contributed by atoms with E-state index in [-0.39, 0.29) is 40.1 Å². The smallest absolute Gasteiger partial charge is 0.256 e. The predicted molar refractivity (Wildman–Crippen MR) is 154 cm³/mol. The van der Waals surface area contributed by atoms with E-state index in [1.165, 1.54) is 6.20 Å². The number of hydrogen-bond donors (Lipinski definition) is 4. The average Bonchev–Trinajstić information content (AvgIpc) is 3.34. The molecule has 3 heterocycles. The van der Waals surface area contributed by atoms with Gasteiger partial charge in [0.2, 0.25) is 5.43 Å². The van der Waals surface area contributed by atoms with Crippen LogP contribution in [0.15, 0.2) is 47.4 Å². The number of aliphatic hydroxyl groups is 1. The van der Waals surface area contributed by atoms with Gasteiger partial charge in [-0.15, -0.1) is 0 Å². The van der Waals surface area contributed by atoms with Gasteiger partial charge in [-0.1, -0.05) is 24.3 Å². The highest BCUT2D eigenvalue weighted by Gasteiger charge is 2.31. The van der Waals surface area contributed by atoms with Crippen LogP contribution >= 0.6 is 0 Å². The highest BCUT2D eigenvalue weighted by atomic mass is 19.1. The van der Waals surface area contributed by atoms with E-state index in [1.54, 1.807) is 11.5 Å². The van der Waals surface area contributed by atoms with Crippen molar-refractivity contribution in [2.75, 3.05) is 37.7 Å². The van der Waals surface area contributed by atoms with Gasteiger partial charge in [-0.2, -0.15) is 0 Å². The van der Waals surface area contributed by atoms with Crippen LogP contribution in [0.2, 0.25) is 0 Å². The van der Waals surface area contributed by atoms with E-state index in [2.05, 4.69) is 22.6 Å². The number of rotatable bonds is 7. The molecule has 1 unspecified atom stereocenters. The third-order valence-corrected chi connectivity index (χ3v) is 7.93. The maximum Gasteiger partial charge on any atom is 0.256 e. The van der Waals surface area contributed by atoms with E-state index < -0.39 is 23.3 Å². The summed E-state index contributed by atoms with van der Waals surface area (Å²) in [5.74, 6) is -0.921. The second-order valence-corrected chi connectivity index (χ2v) is 10.7. The van der Waals surface area contributed by atoms with E-state index in [4.69, 9.17) is 10.5 Å². The summed E-state index contributed by atoms with van der Waals surface area (Å²) in [5, 5.41) is 17.3. The number of nitrogens with two attached hydrogens (primary N) is 1. The molecule has 4 aromatic rings. The number of carbonyl (C=O) groups excluding carboxylic acids is 1. The van der Waals surface area contributed by atoms with Gasteiger partial charge in [-0.3, -0.25) is 9.59 Å². The van der Waals surface area contributed by atoms with Gasteiger partial charge in [0.05, 0.1) is 22.9 Å². The molecule has 1 aromatic heterocycles. The molecule has 208 valence electrons. The van der Waals surface area contributed by atoms with Crippen molar-refractivity contribution in [3.63, 3.8) is 0 Å². The van der Waals surface area contributed by atoms with Crippen LogP contribution in [0.25, 0.3) is 27.4 Å². The quantitative estimate of drug-likeness (QED) is 0.228. The zero-order valence-electron chi connectivity index (χ0n) is 22.5. The molecular weight excluding hydrogens is 513 g/mol. The van der Waals surface area contributed by atoms with E-state index in [9.17, 15) is 14.7 Å². The molecule has 0 radical (unpaired) electrons. The Morgan fingerprint density at radius 1 is 1.27 bits per heavy atom. The van der Waals surface area contributed by atoms with Crippen LogP contribution in [-0.2, 0) is 0 Å². The fourth-order valence-electron chi connectivity index (χ4n) is 5.79. The molecule has 2 aliphatic heterocycles. The molecule has 1 saturated heterocycles. The first-order chi connectivity index (χ1) is 19.2. The number of ether oxygens (including phenoxy) is 1. The normalized spacial score (nSPS) is 17.1. The number of nitrogens with zero attached hydrogens (tertiary/aromatic N) is 2. The van der Waals surface area contributed by atoms with Gasteiger partial charge in [0.25, 0.3) is 5.91 Å². The lowest BCUT2D eigenvalue weighted by atomic mass is 10.0. The highest BCUT2D eigenvalue weighted by molar-refractivity contribution is 6.06. The Hall–Kier alpha value is -4.15. The molecule has 40 heavy (non-hydrogen) atoms. The fourth-order valence-corrected chi connectivity index (χ4v) is 5.79. The summed E-state index contributed by atoms with van der Waals surface area (Å²) in [6, 6.07) is 11.8. The summed E-state index contributed by atoms with van der Waals surface area (Å²) in [6.45, 7) is 3.04. The van der Waals surface area contributed by atoms with Gasteiger partial charge in [0.1, 0.15) is 16.8 Å². The zero-order chi connectivity index (χ0) is 28.1. The summed E-state index contributed by atoms with van der Waals surface area (Å²) in [4.78, 5) is 29.3. The predicted octanol–water partition coefficient (Wildman–Crippen LogP) is 3.98. The topological polar surface area (TPSA) is 122 Å². The number of fused-ring (bicyclic) bond motifs is 3. The first-order valence-electron chi connectivity index (χ1n) is 13.6. The van der Waals surface area contributed by atoms with Crippen molar-refractivity contribution in [1.82, 2.24) is 14.8 Å². The average molecular weight is 546 g/mol. The Morgan fingerprint density at radius 2 is 2.02 bits per heavy atom. The number of pyridine rings is 1. The van der Waals surface area contributed by atoms with Gasteiger partial charge >= 0.3 is 0 Å². The molecule has 0 aliphatic carbocycles. The largest absolute Gasteiger partial charge is 0.451 e. The molecule has 9 nitrogen and oxygen atoms in total. The number of anilines is 2. The van der Waals surface area contributed by atoms with E-state index >= 15 is 4.39 Å². The third kappa shape index (κ3) is 4.33. The number of aromatic nitrogens is 1. The van der Waals surface area contributed by atoms with Crippen molar-refractivity contribution < 1.29 is 19.0 Å². The number of halogens is 1. The zero-order valence-corrected chi connectivity index (χ0v) is 22.5. The summed E-state index contributed by atoms with van der Waals surface area (Å²) < 4.78 is 23.7. The maximum atomic E-state index is 15.7. The minimum atomic E-state index is -0.877. The van der Waals surface area contributed by atoms with Gasteiger partial charge in [0.15, 0.2) is 17.3 Å². The Labute approximate surface area is 230 Å². The number of amides is 1. The van der Waals surface area contributed by atoms with Crippen molar-refractivity contribution in [3.05, 3.63) is 64.2 Å². The molecule has 0 saturated carbocycles. The summed E-state index contributed by atoms with van der Waals surface area (Å²) in [5.41, 5.74) is 5.83. The molecular formula is C30H32FN5O4. The van der Waals surface area contributed by atoms with Gasteiger partial charge in [-0.25, -0.2) is 4.39 Å². The Kier molecular flexibility index (Phi) is 6.59. The lowest BCUT2D eigenvalue weighted by molar-refractivity contribution is 0.0949. The first kappa shape index (κ1) is 26.1. The van der Waals surface area contributed by atoms with Gasteiger partial charge in [-0.05, 0) is 62.7 Å². The Bertz CT molecular complexity index is 1720. The molecule has 6 rings (SSSR count). The lowest BCUT2D eigenvalue weighted by Gasteiger charge is -2.27. The Balaban J connectivity index is 1.52. The van der Waals surface area contributed by atoms with Crippen molar-refractivity contribution >= 4 is 39.0 Å². The highest BCUT2D eigenvalue weighted by Crippen LogP contribution is 2.48. The fraction of sp³-hybridized carbons (Fsp3) is 0.333. The molecule has 0 bridgehead atoms. The van der Waals surface area contributed by atoms with Crippen molar-refractivity contribution in [2.45, 2.75) is 38.3 Å². The minimum absolute atomic E-state index is 0.0315. The van der Waals surface area contributed by atoms with Crippen LogP contribution in [0.4, 0.5) is 15.8 Å². The molecule has 2 aliphatic rings. The molecule has 2 atom stereocenters. The molecule has 10 heteroatoms. The van der Waals surface area contributed by atoms with Gasteiger partial charge in [0, 0.05) is 25.3 Å². The van der Waals surface area contributed by atoms with E-state index in [1.807, 2.05) is 36.4 Å². The molecule has 1 amide bonds. The van der Waals surface area contributed by atoms with Crippen LogP contribution in [0, 0.1) is 5.82 Å². The number of carbonyl (C=O) groups is 1. The minimum Gasteiger partial charge on any atom is -0.451 e. The van der Waals surface area contributed by atoms with E-state index in [0.29, 0.717) is 24.0 Å². The van der Waals surface area contributed by atoms with E-state index in [0.717, 1.165) is 36.6 Å². The van der Waals surface area contributed by atoms with Crippen LogP contribution in [0.1, 0.15) is 36.5 Å². The number of hydrogen-bond acceptors (Lipinski definition) is 7. The standard InChI is InChI=1S/C30H32FN5O4/c1-16(37)14-34-26-24(31)25(32)23-27-29(26)40-22-13-18-7-4-3-6-17(18)12-21(22)36(27)15-20(28(23)38)30(39)33-10-9-19-8-5-11-35(19)2/h3-4,6-7,12-13,15-16,19,34,37H,5,8-11,14,32H2,1-2H3,(H,33,39)/t16-,19?/m1/s1. The lowest BCUT2D eigenvalue weighted by Crippen LogP contribution is -2.34. The molecule has 5 N–H and O–H groups in total. The number of likely N-dealkylation sites (tertiary alicyclic amines) is 1. The van der Waals surface area contributed by atoms with Crippen molar-refractivity contribution in [2.24, 2.45) is 0 Å².